The molecule has 0 unspecified atom stereocenters. The number of hydrogen-bond acceptors (Lipinski definition) is 3. The lowest BCUT2D eigenvalue weighted by atomic mass is 10.1. The molecule has 0 radical (unpaired) electrons. The molecule has 3 aromatic carbocycles. The zero-order chi connectivity index (χ0) is 20.2. The minimum Gasteiger partial charge on any atom is -0.271 e. The highest BCUT2D eigenvalue weighted by Crippen LogP contribution is 2.32. The van der Waals surface area contributed by atoms with Gasteiger partial charge in [0.2, 0.25) is 0 Å². The SMILES string of the molecule is C/C(=N/N1C(=O)CN(Cc2ccccc2)[C@@H]1c1ccccc1)c1ccc(C)cc1. The first-order valence-electron chi connectivity index (χ1n) is 9.89. The van der Waals surface area contributed by atoms with Crippen LogP contribution in [0.25, 0.3) is 0 Å². The van der Waals surface area contributed by atoms with Crippen LogP contribution in [0.4, 0.5) is 0 Å². The summed E-state index contributed by atoms with van der Waals surface area (Å²) in [6.07, 6.45) is -0.218. The molecule has 1 heterocycles. The fourth-order valence-corrected chi connectivity index (χ4v) is 3.69. The molecule has 0 saturated carbocycles. The maximum absolute atomic E-state index is 13.0. The summed E-state index contributed by atoms with van der Waals surface area (Å²) >= 11 is 0. The standard InChI is InChI=1S/C25H25N3O/c1-19-13-15-22(16-14-19)20(2)26-28-24(29)18-27(17-21-9-5-3-6-10-21)25(28)23-11-7-4-8-12-23/h3-16,25H,17-18H2,1-2H3/b26-20-/t25-/m0/s1. The van der Waals surface area contributed by atoms with Gasteiger partial charge in [0.15, 0.2) is 0 Å². The van der Waals surface area contributed by atoms with Crippen molar-refractivity contribution in [2.75, 3.05) is 6.54 Å². The smallest absolute Gasteiger partial charge is 0.258 e. The highest BCUT2D eigenvalue weighted by molar-refractivity contribution is 5.99. The summed E-state index contributed by atoms with van der Waals surface area (Å²) in [4.78, 5) is 15.1. The second-order valence-corrected chi connectivity index (χ2v) is 7.46. The highest BCUT2D eigenvalue weighted by Gasteiger charge is 2.39. The van der Waals surface area contributed by atoms with E-state index in [9.17, 15) is 4.79 Å². The van der Waals surface area contributed by atoms with Crippen LogP contribution < -0.4 is 0 Å². The topological polar surface area (TPSA) is 35.9 Å². The highest BCUT2D eigenvalue weighted by atomic mass is 16.2. The molecular weight excluding hydrogens is 358 g/mol. The van der Waals surface area contributed by atoms with E-state index in [2.05, 4.69) is 48.2 Å². The van der Waals surface area contributed by atoms with Crippen molar-refractivity contribution in [3.05, 3.63) is 107 Å². The van der Waals surface area contributed by atoms with Crippen molar-refractivity contribution in [3.8, 4) is 0 Å². The molecule has 0 N–H and O–H groups in total. The molecule has 3 aromatic rings. The summed E-state index contributed by atoms with van der Waals surface area (Å²) in [5, 5.41) is 6.41. The maximum atomic E-state index is 13.0. The summed E-state index contributed by atoms with van der Waals surface area (Å²) in [7, 11) is 0. The Bertz CT molecular complexity index is 997. The van der Waals surface area contributed by atoms with Gasteiger partial charge in [-0.1, -0.05) is 90.5 Å². The van der Waals surface area contributed by atoms with E-state index >= 15 is 0 Å². The van der Waals surface area contributed by atoms with Crippen molar-refractivity contribution in [1.29, 1.82) is 0 Å². The third-order valence-corrected chi connectivity index (χ3v) is 5.22. The quantitative estimate of drug-likeness (QED) is 0.596. The average molecular weight is 383 g/mol. The van der Waals surface area contributed by atoms with Gasteiger partial charge < -0.3 is 0 Å². The molecule has 1 amide bonds. The number of nitrogens with zero attached hydrogens (tertiary/aromatic N) is 3. The van der Waals surface area contributed by atoms with Crippen molar-refractivity contribution in [2.45, 2.75) is 26.6 Å². The van der Waals surface area contributed by atoms with Crippen molar-refractivity contribution >= 4 is 11.6 Å². The van der Waals surface area contributed by atoms with Crippen molar-refractivity contribution in [2.24, 2.45) is 5.10 Å². The monoisotopic (exact) mass is 383 g/mol. The number of benzene rings is 3. The predicted molar refractivity (Wildman–Crippen MR) is 116 cm³/mol. The number of hydrogen-bond donors (Lipinski definition) is 0. The molecule has 4 heteroatoms. The number of rotatable bonds is 5. The lowest BCUT2D eigenvalue weighted by Crippen LogP contribution is -2.29. The van der Waals surface area contributed by atoms with Gasteiger partial charge in [0, 0.05) is 6.54 Å². The van der Waals surface area contributed by atoms with E-state index in [4.69, 9.17) is 5.10 Å². The van der Waals surface area contributed by atoms with Crippen LogP contribution in [0.3, 0.4) is 0 Å². The summed E-state index contributed by atoms with van der Waals surface area (Å²) in [6.45, 7) is 5.06. The molecule has 1 fully saturated rings. The van der Waals surface area contributed by atoms with Crippen LogP contribution in [0.15, 0.2) is 90.0 Å². The van der Waals surface area contributed by atoms with Gasteiger partial charge in [0.05, 0.1) is 12.3 Å². The van der Waals surface area contributed by atoms with E-state index < -0.39 is 0 Å². The lowest BCUT2D eigenvalue weighted by Gasteiger charge is -2.28. The molecule has 146 valence electrons. The molecule has 4 nitrogen and oxygen atoms in total. The largest absolute Gasteiger partial charge is 0.271 e. The number of amides is 1. The predicted octanol–water partition coefficient (Wildman–Crippen LogP) is 4.76. The number of hydrazone groups is 1. The number of aryl methyl sites for hydroxylation is 1. The Balaban J connectivity index is 1.68. The van der Waals surface area contributed by atoms with E-state index in [-0.39, 0.29) is 12.1 Å². The fraction of sp³-hybridized carbons (Fsp3) is 0.200. The van der Waals surface area contributed by atoms with Gasteiger partial charge in [-0.3, -0.25) is 9.69 Å². The first kappa shape index (κ1) is 19.1. The molecule has 1 atom stereocenters. The third-order valence-electron chi connectivity index (χ3n) is 5.22. The molecule has 0 bridgehead atoms. The van der Waals surface area contributed by atoms with Crippen molar-refractivity contribution in [1.82, 2.24) is 9.91 Å². The zero-order valence-corrected chi connectivity index (χ0v) is 16.8. The molecular formula is C25H25N3O. The Morgan fingerprint density at radius 3 is 2.21 bits per heavy atom. The van der Waals surface area contributed by atoms with Crippen LogP contribution in [0.5, 0.6) is 0 Å². The normalized spacial score (nSPS) is 17.7. The van der Waals surface area contributed by atoms with E-state index in [0.29, 0.717) is 13.1 Å². The third kappa shape index (κ3) is 4.28. The molecule has 1 aliphatic heterocycles. The first-order chi connectivity index (χ1) is 14.1. The number of carbonyl (C=O) groups excluding carboxylic acids is 1. The van der Waals surface area contributed by atoms with E-state index in [1.807, 2.05) is 55.5 Å². The van der Waals surface area contributed by atoms with Gasteiger partial charge in [-0.15, -0.1) is 0 Å². The summed E-state index contributed by atoms with van der Waals surface area (Å²) in [6, 6.07) is 28.6. The average Bonchev–Trinajstić information content (AvgIpc) is 3.04. The van der Waals surface area contributed by atoms with Gasteiger partial charge in [-0.25, -0.2) is 5.01 Å². The van der Waals surface area contributed by atoms with Crippen LogP contribution in [0.2, 0.25) is 0 Å². The second kappa shape index (κ2) is 8.41. The lowest BCUT2D eigenvalue weighted by molar-refractivity contribution is -0.128. The van der Waals surface area contributed by atoms with Gasteiger partial charge in [0.25, 0.3) is 5.91 Å². The van der Waals surface area contributed by atoms with Gasteiger partial charge in [-0.05, 0) is 30.5 Å². The molecule has 1 aliphatic rings. The molecule has 4 rings (SSSR count). The van der Waals surface area contributed by atoms with Gasteiger partial charge >= 0.3 is 0 Å². The number of carbonyl (C=O) groups is 1. The minimum absolute atomic E-state index is 0.0150. The minimum atomic E-state index is -0.218. The van der Waals surface area contributed by atoms with Crippen LogP contribution in [-0.4, -0.2) is 28.1 Å². The van der Waals surface area contributed by atoms with Crippen LogP contribution in [0.1, 0.15) is 35.3 Å². The Morgan fingerprint density at radius 1 is 0.931 bits per heavy atom. The van der Waals surface area contributed by atoms with Crippen LogP contribution in [0, 0.1) is 6.92 Å². The Kier molecular flexibility index (Phi) is 5.54. The van der Waals surface area contributed by atoms with Crippen molar-refractivity contribution < 1.29 is 4.79 Å². The summed E-state index contributed by atoms with van der Waals surface area (Å²) in [5.74, 6) is 0.0150. The van der Waals surface area contributed by atoms with Crippen LogP contribution >= 0.6 is 0 Å². The van der Waals surface area contributed by atoms with Crippen LogP contribution in [-0.2, 0) is 11.3 Å². The second-order valence-electron chi connectivity index (χ2n) is 7.46. The Morgan fingerprint density at radius 2 is 1.55 bits per heavy atom. The van der Waals surface area contributed by atoms with E-state index in [0.717, 1.165) is 16.8 Å². The van der Waals surface area contributed by atoms with Crippen molar-refractivity contribution in [3.63, 3.8) is 0 Å². The molecule has 29 heavy (non-hydrogen) atoms. The molecule has 1 saturated heterocycles. The summed E-state index contributed by atoms with van der Waals surface area (Å²) < 4.78 is 0. The van der Waals surface area contributed by atoms with E-state index in [1.54, 1.807) is 5.01 Å². The van der Waals surface area contributed by atoms with E-state index in [1.165, 1.54) is 11.1 Å². The fourth-order valence-electron chi connectivity index (χ4n) is 3.69. The Labute approximate surface area is 172 Å². The molecule has 0 aromatic heterocycles. The zero-order valence-electron chi connectivity index (χ0n) is 16.8. The molecule has 0 aliphatic carbocycles. The summed E-state index contributed by atoms with van der Waals surface area (Å²) in [5.41, 5.74) is 5.31. The molecule has 0 spiro atoms. The maximum Gasteiger partial charge on any atom is 0.258 e. The first-order valence-corrected chi connectivity index (χ1v) is 9.89. The Hall–Kier alpha value is -3.24. The van der Waals surface area contributed by atoms with Gasteiger partial charge in [0.1, 0.15) is 6.17 Å². The van der Waals surface area contributed by atoms with Gasteiger partial charge in [-0.2, -0.15) is 5.10 Å².